The van der Waals surface area contributed by atoms with Gasteiger partial charge in [0.15, 0.2) is 0 Å². The van der Waals surface area contributed by atoms with Crippen LogP contribution in [-0.4, -0.2) is 54.7 Å². The molecule has 5 rings (SSSR count). The highest BCUT2D eigenvalue weighted by molar-refractivity contribution is 7.89. The van der Waals surface area contributed by atoms with Gasteiger partial charge < -0.3 is 9.64 Å². The number of sulfonamides is 1. The monoisotopic (exact) mass is 487 g/mol. The average molecular weight is 488 g/mol. The molecule has 1 aromatic heterocycles. The first-order valence-electron chi connectivity index (χ1n) is 11.4. The Morgan fingerprint density at radius 3 is 2.31 bits per heavy atom. The van der Waals surface area contributed by atoms with Crippen molar-refractivity contribution in [2.45, 2.75) is 11.5 Å². The van der Waals surface area contributed by atoms with Gasteiger partial charge in [0, 0.05) is 49.7 Å². The van der Waals surface area contributed by atoms with E-state index in [2.05, 4.69) is 4.98 Å². The van der Waals surface area contributed by atoms with Gasteiger partial charge in [0.2, 0.25) is 10.0 Å². The zero-order chi connectivity index (χ0) is 24.3. The number of carbonyl (C=O) groups is 1. The SMILES string of the molecule is O=C(c1ccc(OCc2cccnc2)cc1)N1CCN(S(=O)(=O)c2ccc3ccccc3c2)CC1. The quantitative estimate of drug-likeness (QED) is 0.411. The molecule has 0 aliphatic carbocycles. The Morgan fingerprint density at radius 1 is 0.857 bits per heavy atom. The van der Waals surface area contributed by atoms with Gasteiger partial charge in [0.05, 0.1) is 4.90 Å². The molecule has 1 amide bonds. The maximum absolute atomic E-state index is 13.2. The van der Waals surface area contributed by atoms with Gasteiger partial charge in [0.25, 0.3) is 5.91 Å². The van der Waals surface area contributed by atoms with Crippen molar-refractivity contribution in [1.82, 2.24) is 14.2 Å². The largest absolute Gasteiger partial charge is 0.489 e. The van der Waals surface area contributed by atoms with E-state index in [1.54, 1.807) is 53.7 Å². The molecular formula is C27H25N3O4S. The lowest BCUT2D eigenvalue weighted by atomic mass is 10.1. The molecule has 3 aromatic carbocycles. The summed E-state index contributed by atoms with van der Waals surface area (Å²) in [6.07, 6.45) is 3.46. The number of hydrogen-bond acceptors (Lipinski definition) is 5. The fourth-order valence-electron chi connectivity index (χ4n) is 4.13. The van der Waals surface area contributed by atoms with Crippen molar-refractivity contribution in [1.29, 1.82) is 0 Å². The Hall–Kier alpha value is -3.75. The molecule has 0 spiro atoms. The molecule has 2 heterocycles. The summed E-state index contributed by atoms with van der Waals surface area (Å²) in [6, 6.07) is 23.7. The highest BCUT2D eigenvalue weighted by atomic mass is 32.2. The van der Waals surface area contributed by atoms with E-state index >= 15 is 0 Å². The topological polar surface area (TPSA) is 79.8 Å². The molecule has 4 aromatic rings. The molecule has 35 heavy (non-hydrogen) atoms. The van der Waals surface area contributed by atoms with E-state index in [0.717, 1.165) is 16.3 Å². The third-order valence-electron chi connectivity index (χ3n) is 6.11. The molecule has 0 saturated carbocycles. The van der Waals surface area contributed by atoms with Crippen LogP contribution in [0.3, 0.4) is 0 Å². The summed E-state index contributed by atoms with van der Waals surface area (Å²) in [4.78, 5) is 19.0. The summed E-state index contributed by atoms with van der Waals surface area (Å²) in [5.41, 5.74) is 1.51. The van der Waals surface area contributed by atoms with Crippen LogP contribution in [0.15, 0.2) is 96.2 Å². The lowest BCUT2D eigenvalue weighted by molar-refractivity contribution is 0.0698. The Bertz CT molecular complexity index is 1430. The van der Waals surface area contributed by atoms with Crippen molar-refractivity contribution in [2.75, 3.05) is 26.2 Å². The smallest absolute Gasteiger partial charge is 0.253 e. The molecule has 1 aliphatic heterocycles. The summed E-state index contributed by atoms with van der Waals surface area (Å²) < 4.78 is 33.6. The van der Waals surface area contributed by atoms with E-state index < -0.39 is 10.0 Å². The Kier molecular flexibility index (Phi) is 6.48. The Morgan fingerprint density at radius 2 is 1.60 bits per heavy atom. The van der Waals surface area contributed by atoms with Crippen LogP contribution in [-0.2, 0) is 16.6 Å². The van der Waals surface area contributed by atoms with E-state index in [1.165, 1.54) is 4.31 Å². The Labute approximate surface area is 204 Å². The number of rotatable bonds is 6. The molecule has 1 fully saturated rings. The minimum Gasteiger partial charge on any atom is -0.489 e. The number of fused-ring (bicyclic) bond motifs is 1. The maximum atomic E-state index is 13.2. The second-order valence-electron chi connectivity index (χ2n) is 8.38. The summed E-state index contributed by atoms with van der Waals surface area (Å²) in [5, 5.41) is 1.88. The summed E-state index contributed by atoms with van der Waals surface area (Å²) in [7, 11) is -3.63. The predicted octanol–water partition coefficient (Wildman–Crippen LogP) is 3.96. The second-order valence-corrected chi connectivity index (χ2v) is 10.3. The molecule has 0 atom stereocenters. The lowest BCUT2D eigenvalue weighted by Gasteiger charge is -2.34. The first-order chi connectivity index (χ1) is 17.0. The first kappa shape index (κ1) is 23.0. The minimum atomic E-state index is -3.63. The fraction of sp³-hybridized carbons (Fsp3) is 0.185. The standard InChI is InChI=1S/C27H25N3O4S/c31-27(23-7-10-25(11-8-23)34-20-21-4-3-13-28-19-21)29-14-16-30(17-15-29)35(32,33)26-12-9-22-5-1-2-6-24(22)18-26/h1-13,18-19H,14-17,20H2. The van der Waals surface area contributed by atoms with E-state index in [0.29, 0.717) is 31.0 Å². The van der Waals surface area contributed by atoms with E-state index in [-0.39, 0.29) is 23.9 Å². The van der Waals surface area contributed by atoms with Crippen molar-refractivity contribution >= 4 is 26.7 Å². The van der Waals surface area contributed by atoms with Crippen molar-refractivity contribution < 1.29 is 17.9 Å². The van der Waals surface area contributed by atoms with Gasteiger partial charge in [-0.25, -0.2) is 8.42 Å². The number of aromatic nitrogens is 1. The summed E-state index contributed by atoms with van der Waals surface area (Å²) >= 11 is 0. The molecule has 0 radical (unpaired) electrons. The van der Waals surface area contributed by atoms with Crippen LogP contribution in [0.25, 0.3) is 10.8 Å². The van der Waals surface area contributed by atoms with Crippen molar-refractivity contribution in [2.24, 2.45) is 0 Å². The van der Waals surface area contributed by atoms with Gasteiger partial charge in [-0.1, -0.05) is 36.4 Å². The van der Waals surface area contributed by atoms with Gasteiger partial charge in [-0.3, -0.25) is 9.78 Å². The predicted molar refractivity (Wildman–Crippen MR) is 134 cm³/mol. The number of nitrogens with zero attached hydrogens (tertiary/aromatic N) is 3. The Balaban J connectivity index is 1.19. The number of amides is 1. The highest BCUT2D eigenvalue weighted by Crippen LogP contribution is 2.23. The van der Waals surface area contributed by atoms with Gasteiger partial charge >= 0.3 is 0 Å². The summed E-state index contributed by atoms with van der Waals surface area (Å²) in [5.74, 6) is 0.545. The molecule has 7 nitrogen and oxygen atoms in total. The van der Waals surface area contributed by atoms with Crippen LogP contribution in [0.5, 0.6) is 5.75 Å². The third-order valence-corrected chi connectivity index (χ3v) is 8.01. The number of piperazine rings is 1. The van der Waals surface area contributed by atoms with Crippen molar-refractivity contribution in [3.8, 4) is 5.75 Å². The molecule has 1 saturated heterocycles. The number of benzene rings is 3. The van der Waals surface area contributed by atoms with Gasteiger partial charge in [0.1, 0.15) is 12.4 Å². The van der Waals surface area contributed by atoms with Crippen LogP contribution >= 0.6 is 0 Å². The van der Waals surface area contributed by atoms with Crippen LogP contribution in [0, 0.1) is 0 Å². The summed E-state index contributed by atoms with van der Waals surface area (Å²) in [6.45, 7) is 1.59. The van der Waals surface area contributed by atoms with Crippen LogP contribution in [0.2, 0.25) is 0 Å². The zero-order valence-corrected chi connectivity index (χ0v) is 19.9. The lowest BCUT2D eigenvalue weighted by Crippen LogP contribution is -2.50. The van der Waals surface area contributed by atoms with Gasteiger partial charge in [-0.05, 0) is 53.2 Å². The molecule has 0 N–H and O–H groups in total. The molecule has 0 bridgehead atoms. The highest BCUT2D eigenvalue weighted by Gasteiger charge is 2.30. The molecule has 178 valence electrons. The third kappa shape index (κ3) is 5.03. The van der Waals surface area contributed by atoms with Crippen molar-refractivity contribution in [3.63, 3.8) is 0 Å². The van der Waals surface area contributed by atoms with Gasteiger partial charge in [-0.15, -0.1) is 0 Å². The number of ether oxygens (including phenoxy) is 1. The fourth-order valence-corrected chi connectivity index (χ4v) is 5.59. The normalized spacial score (nSPS) is 14.7. The molecular weight excluding hydrogens is 462 g/mol. The minimum absolute atomic E-state index is 0.119. The number of carbonyl (C=O) groups excluding carboxylic acids is 1. The number of pyridine rings is 1. The first-order valence-corrected chi connectivity index (χ1v) is 12.8. The van der Waals surface area contributed by atoms with E-state index in [4.69, 9.17) is 4.74 Å². The van der Waals surface area contributed by atoms with Crippen LogP contribution in [0.4, 0.5) is 0 Å². The molecule has 0 unspecified atom stereocenters. The van der Waals surface area contributed by atoms with Gasteiger partial charge in [-0.2, -0.15) is 4.31 Å². The van der Waals surface area contributed by atoms with Crippen LogP contribution < -0.4 is 4.74 Å². The average Bonchev–Trinajstić information content (AvgIpc) is 2.92. The number of hydrogen-bond donors (Lipinski definition) is 0. The molecule has 8 heteroatoms. The molecule has 1 aliphatic rings. The van der Waals surface area contributed by atoms with E-state index in [1.807, 2.05) is 42.5 Å². The van der Waals surface area contributed by atoms with E-state index in [9.17, 15) is 13.2 Å². The second kappa shape index (κ2) is 9.85. The zero-order valence-electron chi connectivity index (χ0n) is 19.1. The maximum Gasteiger partial charge on any atom is 0.253 e. The van der Waals surface area contributed by atoms with Crippen LogP contribution in [0.1, 0.15) is 15.9 Å². The van der Waals surface area contributed by atoms with Crippen molar-refractivity contribution in [3.05, 3.63) is 102 Å².